The van der Waals surface area contributed by atoms with Crippen LogP contribution in [0.15, 0.2) is 36.5 Å². The molecule has 0 saturated carbocycles. The number of anilines is 2. The second-order valence-corrected chi connectivity index (χ2v) is 16.2. The Morgan fingerprint density at radius 2 is 1.70 bits per heavy atom. The van der Waals surface area contributed by atoms with Gasteiger partial charge in [0.2, 0.25) is 0 Å². The number of carbonyl (C=O) groups excluding carboxylic acids is 1. The van der Waals surface area contributed by atoms with Gasteiger partial charge in [0.05, 0.1) is 0 Å². The third kappa shape index (κ3) is 7.02. The summed E-state index contributed by atoms with van der Waals surface area (Å²) in [5.41, 5.74) is -0.489. The van der Waals surface area contributed by atoms with E-state index in [9.17, 15) is 31.1 Å². The molecular weight excluding hydrogens is 679 g/mol. The summed E-state index contributed by atoms with van der Waals surface area (Å²) >= 11 is -2.71. The number of ether oxygens (including phenoxy) is 2. The Hall–Kier alpha value is -3.25. The van der Waals surface area contributed by atoms with Gasteiger partial charge >= 0.3 is 268 Å². The number of morpholine rings is 1. The number of hydrogen-bond acceptors (Lipinski definition) is 6. The predicted octanol–water partition coefficient (Wildman–Crippen LogP) is 5.95. The van der Waals surface area contributed by atoms with E-state index in [0.29, 0.717) is 55.1 Å². The molecule has 0 spiro atoms. The number of nitrogens with zero attached hydrogens (tertiary/aromatic N) is 5. The molecule has 0 radical (unpaired) electrons. The minimum atomic E-state index is -4.96. The summed E-state index contributed by atoms with van der Waals surface area (Å²) in [6.45, 7) is 8.09. The summed E-state index contributed by atoms with van der Waals surface area (Å²) in [5.74, 6) is 0.531. The Balaban J connectivity index is 1.65. The third-order valence-corrected chi connectivity index (χ3v) is 14.2. The number of alkyl halides is 6. The van der Waals surface area contributed by atoms with E-state index in [1.165, 1.54) is 0 Å². The first-order chi connectivity index (χ1) is 21.7. The summed E-state index contributed by atoms with van der Waals surface area (Å²) in [5, 5.41) is 4.59. The number of aromatic nitrogens is 3. The molecule has 0 bridgehead atoms. The van der Waals surface area contributed by atoms with E-state index in [4.69, 9.17) is 14.5 Å². The van der Waals surface area contributed by atoms with Crippen LogP contribution in [0, 0.1) is 6.92 Å². The molecule has 0 N–H and O–H groups in total. The van der Waals surface area contributed by atoms with Crippen LogP contribution in [0.5, 0.6) is 0 Å². The van der Waals surface area contributed by atoms with Gasteiger partial charge in [0.15, 0.2) is 0 Å². The van der Waals surface area contributed by atoms with Crippen molar-refractivity contribution in [1.29, 1.82) is 0 Å². The molecule has 3 atom stereocenters. The molecule has 46 heavy (non-hydrogen) atoms. The number of carbonyl (C=O) groups is 1. The van der Waals surface area contributed by atoms with Crippen molar-refractivity contribution in [1.82, 2.24) is 14.8 Å². The average molecular weight is 716 g/mol. The molecule has 4 heterocycles. The van der Waals surface area contributed by atoms with Crippen molar-refractivity contribution >= 4 is 36.7 Å². The van der Waals surface area contributed by atoms with Gasteiger partial charge in [-0.25, -0.2) is 0 Å². The van der Waals surface area contributed by atoms with E-state index in [2.05, 4.69) is 10.00 Å². The van der Waals surface area contributed by atoms with Gasteiger partial charge in [0.1, 0.15) is 0 Å². The summed E-state index contributed by atoms with van der Waals surface area (Å²) in [6.07, 6.45) is -7.75. The van der Waals surface area contributed by atoms with Gasteiger partial charge in [-0.1, -0.05) is 0 Å². The molecule has 1 amide bonds. The number of fused-ring (bicyclic) bond motifs is 1. The molecule has 1 aromatic carbocycles. The molecule has 15 heteroatoms. The van der Waals surface area contributed by atoms with E-state index in [1.807, 2.05) is 19.1 Å². The molecule has 3 unspecified atom stereocenters. The van der Waals surface area contributed by atoms with Crippen LogP contribution in [-0.4, -0.2) is 74.5 Å². The van der Waals surface area contributed by atoms with Crippen LogP contribution in [0.1, 0.15) is 59.3 Å². The van der Waals surface area contributed by atoms with Crippen LogP contribution in [0.3, 0.4) is 0 Å². The number of rotatable bonds is 7. The summed E-state index contributed by atoms with van der Waals surface area (Å²) in [7, 11) is 1.71. The van der Waals surface area contributed by atoms with Crippen LogP contribution in [0.2, 0.25) is 0 Å². The van der Waals surface area contributed by atoms with Gasteiger partial charge in [-0.15, -0.1) is 0 Å². The molecule has 8 nitrogen and oxygen atoms in total. The van der Waals surface area contributed by atoms with E-state index in [1.54, 1.807) is 36.7 Å². The fourth-order valence-electron chi connectivity index (χ4n) is 6.27. The number of amides is 1. The third-order valence-electron chi connectivity index (χ3n) is 8.37. The quantitative estimate of drug-likeness (QED) is 0.223. The second kappa shape index (κ2) is 13.5. The number of halogens is 6. The standard InChI is InChI=1S/C31H36AsF6N5O3/c1-5-23-16-25(27-19(3)40-41(4)28(27)43(23)29(44)46-6-2)32(26-8-7-24(18-39-26)42-9-11-45-12-10-42)17-20-13-21(30(33,34)35)15-22(14-20)31(36,37)38/h7-8,13-15,18,23,25H,5-6,9-12,16-17H2,1-4H3. The zero-order chi connectivity index (χ0) is 33.4. The molecular formula is C31H36AsF6N5O3. The van der Waals surface area contributed by atoms with Crippen molar-refractivity contribution in [3.8, 4) is 0 Å². The van der Waals surface area contributed by atoms with Gasteiger partial charge < -0.3 is 0 Å². The molecule has 1 fully saturated rings. The maximum absolute atomic E-state index is 13.9. The topological polar surface area (TPSA) is 72.7 Å². The molecule has 5 rings (SSSR count). The second-order valence-electron chi connectivity index (χ2n) is 11.3. The normalized spacial score (nSPS) is 19.6. The zero-order valence-electron chi connectivity index (χ0n) is 26.0. The molecule has 2 aliphatic heterocycles. The predicted molar refractivity (Wildman–Crippen MR) is 162 cm³/mol. The van der Waals surface area contributed by atoms with Crippen LogP contribution in [0.4, 0.5) is 42.6 Å². The Labute approximate surface area is 267 Å². The van der Waals surface area contributed by atoms with Gasteiger partial charge in [-0.3, -0.25) is 0 Å². The first kappa shape index (κ1) is 34.1. The number of pyridine rings is 1. The van der Waals surface area contributed by atoms with Gasteiger partial charge in [0.25, 0.3) is 0 Å². The molecule has 0 aliphatic carbocycles. The van der Waals surface area contributed by atoms with Crippen LogP contribution < -0.4 is 14.3 Å². The van der Waals surface area contributed by atoms with Crippen LogP contribution in [0.25, 0.3) is 0 Å². The first-order valence-corrected chi connectivity index (χ1v) is 18.4. The van der Waals surface area contributed by atoms with Crippen molar-refractivity contribution in [2.75, 3.05) is 42.7 Å². The van der Waals surface area contributed by atoms with Gasteiger partial charge in [-0.05, 0) is 0 Å². The SMILES string of the molecule is CCOC(=O)N1c2c(c(C)nn2C)C([As](Cc2cc(C(F)(F)F)cc(C(F)(F)F)c2)c2ccc(N3CCOCC3)cn2)CC1CC. The van der Waals surface area contributed by atoms with Crippen molar-refractivity contribution in [2.45, 2.75) is 61.9 Å². The minimum absolute atomic E-state index is 0.0157. The van der Waals surface area contributed by atoms with E-state index in [-0.39, 0.29) is 34.2 Å². The summed E-state index contributed by atoms with van der Waals surface area (Å²) < 4.78 is 96.0. The van der Waals surface area contributed by atoms with E-state index < -0.39 is 44.2 Å². The van der Waals surface area contributed by atoms with Crippen LogP contribution >= 0.6 is 0 Å². The summed E-state index contributed by atoms with van der Waals surface area (Å²) in [6, 6.07) is 5.23. The first-order valence-electron chi connectivity index (χ1n) is 15.1. The summed E-state index contributed by atoms with van der Waals surface area (Å²) in [4.78, 5) is 21.7. The van der Waals surface area contributed by atoms with Gasteiger partial charge in [0, 0.05) is 0 Å². The fourth-order valence-corrected chi connectivity index (χ4v) is 12.3. The fraction of sp³-hybridized carbons (Fsp3) is 0.516. The molecule has 1 saturated heterocycles. The molecule has 3 aromatic rings. The maximum atomic E-state index is 13.9. The number of hydrogen-bond donors (Lipinski definition) is 0. The Morgan fingerprint density at radius 3 is 2.24 bits per heavy atom. The van der Waals surface area contributed by atoms with E-state index in [0.717, 1.165) is 23.4 Å². The molecule has 250 valence electrons. The Kier molecular flexibility index (Phi) is 9.98. The van der Waals surface area contributed by atoms with E-state index >= 15 is 0 Å². The van der Waals surface area contributed by atoms with Crippen molar-refractivity contribution in [3.05, 3.63) is 64.5 Å². The average Bonchev–Trinajstić information content (AvgIpc) is 3.32. The number of aryl methyl sites for hydroxylation is 2. The Morgan fingerprint density at radius 1 is 1.04 bits per heavy atom. The number of benzene rings is 1. The Bertz CT molecular complexity index is 1510. The molecule has 2 aromatic heterocycles. The van der Waals surface area contributed by atoms with Crippen molar-refractivity contribution in [2.24, 2.45) is 7.05 Å². The van der Waals surface area contributed by atoms with Crippen molar-refractivity contribution in [3.63, 3.8) is 0 Å². The molecule has 2 aliphatic rings. The van der Waals surface area contributed by atoms with Gasteiger partial charge in [-0.2, -0.15) is 0 Å². The van der Waals surface area contributed by atoms with Crippen molar-refractivity contribution < 1.29 is 40.6 Å². The monoisotopic (exact) mass is 715 g/mol. The zero-order valence-corrected chi connectivity index (χ0v) is 27.8. The van der Waals surface area contributed by atoms with Crippen LogP contribution in [-0.2, 0) is 34.1 Å².